The smallest absolute Gasteiger partial charge is 0.275 e. The molecule has 0 aliphatic carbocycles. The molecule has 3 rings (SSSR count). The van der Waals surface area contributed by atoms with Gasteiger partial charge < -0.3 is 19.9 Å². The summed E-state index contributed by atoms with van der Waals surface area (Å²) in [6, 6.07) is 12.1. The number of benzene rings is 2. The number of ether oxygens (including phenoxy) is 1. The summed E-state index contributed by atoms with van der Waals surface area (Å²) in [4.78, 5) is 27.7. The molecule has 6 heteroatoms. The summed E-state index contributed by atoms with van der Waals surface area (Å²) in [6.07, 6.45) is 3.50. The van der Waals surface area contributed by atoms with Gasteiger partial charge in [-0.2, -0.15) is 0 Å². The van der Waals surface area contributed by atoms with Crippen molar-refractivity contribution in [2.24, 2.45) is 0 Å². The van der Waals surface area contributed by atoms with Gasteiger partial charge in [-0.05, 0) is 61.4 Å². The summed E-state index contributed by atoms with van der Waals surface area (Å²) in [6.45, 7) is 9.30. The highest BCUT2D eigenvalue weighted by molar-refractivity contribution is 5.93. The first-order valence-electron chi connectivity index (χ1n) is 10.4. The molecule has 1 fully saturated rings. The van der Waals surface area contributed by atoms with Crippen LogP contribution in [0.15, 0.2) is 42.5 Å². The van der Waals surface area contributed by atoms with Crippen molar-refractivity contribution in [1.82, 2.24) is 10.2 Å². The average Bonchev–Trinajstić information content (AvgIpc) is 2.70. The Kier molecular flexibility index (Phi) is 6.77. The summed E-state index contributed by atoms with van der Waals surface area (Å²) in [5.74, 6) is 0.909. The second kappa shape index (κ2) is 9.30. The Hall–Kier alpha value is -2.86. The molecule has 2 amide bonds. The molecule has 1 heterocycles. The van der Waals surface area contributed by atoms with Gasteiger partial charge in [0.05, 0.1) is 33.3 Å². The predicted molar refractivity (Wildman–Crippen MR) is 120 cm³/mol. The van der Waals surface area contributed by atoms with E-state index in [-0.39, 0.29) is 17.4 Å². The minimum atomic E-state index is -0.214. The van der Waals surface area contributed by atoms with E-state index in [0.29, 0.717) is 19.6 Å². The molecular weight excluding hydrogens is 378 g/mol. The van der Waals surface area contributed by atoms with E-state index in [1.165, 1.54) is 4.90 Å². The van der Waals surface area contributed by atoms with Crippen molar-refractivity contribution in [3.63, 3.8) is 0 Å². The molecule has 0 bridgehead atoms. The van der Waals surface area contributed by atoms with E-state index in [0.717, 1.165) is 35.2 Å². The summed E-state index contributed by atoms with van der Waals surface area (Å²) in [5, 5.41) is 5.21. The molecule has 0 radical (unpaired) electrons. The molecule has 0 saturated carbocycles. The largest absolute Gasteiger partial charge is 0.497 e. The third-order valence-electron chi connectivity index (χ3n) is 5.20. The Morgan fingerprint density at radius 3 is 2.43 bits per heavy atom. The fourth-order valence-electron chi connectivity index (χ4n) is 3.66. The van der Waals surface area contributed by atoms with Gasteiger partial charge in [-0.15, -0.1) is 0 Å². The average molecular weight is 411 g/mol. The van der Waals surface area contributed by atoms with Gasteiger partial charge in [0.25, 0.3) is 5.91 Å². The van der Waals surface area contributed by atoms with Gasteiger partial charge in [-0.3, -0.25) is 9.59 Å². The van der Waals surface area contributed by atoms with Gasteiger partial charge in [-0.1, -0.05) is 18.2 Å². The Morgan fingerprint density at radius 2 is 1.77 bits per heavy atom. The first kappa shape index (κ1) is 21.8. The van der Waals surface area contributed by atoms with Crippen molar-refractivity contribution < 1.29 is 19.2 Å². The Labute approximate surface area is 178 Å². The lowest BCUT2D eigenvalue weighted by atomic mass is 10.1. The van der Waals surface area contributed by atoms with Crippen molar-refractivity contribution in [3.8, 4) is 5.75 Å². The van der Waals surface area contributed by atoms with Crippen LogP contribution in [0, 0.1) is 0 Å². The first-order chi connectivity index (χ1) is 14.2. The van der Waals surface area contributed by atoms with Crippen molar-refractivity contribution in [1.29, 1.82) is 0 Å². The molecule has 1 aliphatic heterocycles. The molecule has 160 valence electrons. The molecule has 0 unspecified atom stereocenters. The number of nitrogens with zero attached hydrogens (tertiary/aromatic N) is 1. The number of fused-ring (bicyclic) bond motifs is 1. The lowest BCUT2D eigenvalue weighted by Gasteiger charge is -2.32. The quantitative estimate of drug-likeness (QED) is 0.735. The SMILES string of the molecule is COc1ccc2cc(/C=C/C(=O)N3CC[NH+](CC(=O)NC(C)(C)C)CC3)ccc2c1. The van der Waals surface area contributed by atoms with Crippen LogP contribution in [-0.4, -0.2) is 62.1 Å². The highest BCUT2D eigenvalue weighted by atomic mass is 16.5. The van der Waals surface area contributed by atoms with Crippen molar-refractivity contribution >= 4 is 28.7 Å². The number of quaternary nitrogens is 1. The van der Waals surface area contributed by atoms with Crippen LogP contribution < -0.4 is 15.0 Å². The molecule has 2 aromatic carbocycles. The van der Waals surface area contributed by atoms with Crippen LogP contribution in [0.4, 0.5) is 0 Å². The minimum Gasteiger partial charge on any atom is -0.497 e. The van der Waals surface area contributed by atoms with Gasteiger partial charge in [0.1, 0.15) is 5.75 Å². The van der Waals surface area contributed by atoms with E-state index < -0.39 is 0 Å². The highest BCUT2D eigenvalue weighted by Crippen LogP contribution is 2.22. The van der Waals surface area contributed by atoms with Crippen LogP contribution >= 0.6 is 0 Å². The maximum absolute atomic E-state index is 12.6. The monoisotopic (exact) mass is 410 g/mol. The van der Waals surface area contributed by atoms with Crippen molar-refractivity contribution in [3.05, 3.63) is 48.0 Å². The number of nitrogens with one attached hydrogen (secondary N) is 2. The number of piperazine rings is 1. The first-order valence-corrected chi connectivity index (χ1v) is 10.4. The van der Waals surface area contributed by atoms with Crippen molar-refractivity contribution in [2.75, 3.05) is 39.8 Å². The lowest BCUT2D eigenvalue weighted by molar-refractivity contribution is -0.896. The molecule has 0 atom stereocenters. The van der Waals surface area contributed by atoms with E-state index in [1.807, 2.05) is 62.1 Å². The van der Waals surface area contributed by atoms with Crippen LogP contribution in [0.2, 0.25) is 0 Å². The van der Waals surface area contributed by atoms with Gasteiger partial charge in [-0.25, -0.2) is 0 Å². The number of carbonyl (C=O) groups is 2. The molecule has 1 aliphatic rings. The van der Waals surface area contributed by atoms with E-state index in [4.69, 9.17) is 4.74 Å². The van der Waals surface area contributed by atoms with Crippen LogP contribution in [0.1, 0.15) is 26.3 Å². The highest BCUT2D eigenvalue weighted by Gasteiger charge is 2.25. The predicted octanol–water partition coefficient (Wildman–Crippen LogP) is 1.50. The molecule has 0 aromatic heterocycles. The second-order valence-electron chi connectivity index (χ2n) is 8.86. The molecule has 6 nitrogen and oxygen atoms in total. The zero-order valence-electron chi connectivity index (χ0n) is 18.3. The Balaban J connectivity index is 1.52. The van der Waals surface area contributed by atoms with E-state index >= 15 is 0 Å². The standard InChI is InChI=1S/C24H31N3O3/c1-24(2,3)25-22(28)17-26-11-13-27(14-12-26)23(29)10-6-18-5-7-20-16-21(30-4)9-8-19(20)15-18/h5-10,15-16H,11-14,17H2,1-4H3,(H,25,28)/p+1/b10-6+. The maximum atomic E-state index is 12.6. The number of hydrogen-bond donors (Lipinski definition) is 2. The van der Waals surface area contributed by atoms with E-state index in [1.54, 1.807) is 13.2 Å². The molecule has 2 N–H and O–H groups in total. The molecular formula is C24H32N3O3+. The number of carbonyl (C=O) groups excluding carboxylic acids is 2. The molecule has 30 heavy (non-hydrogen) atoms. The second-order valence-corrected chi connectivity index (χ2v) is 8.86. The summed E-state index contributed by atoms with van der Waals surface area (Å²) in [7, 11) is 1.66. The van der Waals surface area contributed by atoms with E-state index in [2.05, 4.69) is 11.4 Å². The fraction of sp³-hybridized carbons (Fsp3) is 0.417. The summed E-state index contributed by atoms with van der Waals surface area (Å²) >= 11 is 0. The molecule has 0 spiro atoms. The normalized spacial score (nSPS) is 15.5. The van der Waals surface area contributed by atoms with Crippen molar-refractivity contribution in [2.45, 2.75) is 26.3 Å². The van der Waals surface area contributed by atoms with Gasteiger partial charge in [0.2, 0.25) is 5.91 Å². The Bertz CT molecular complexity index is 938. The zero-order chi connectivity index (χ0) is 21.7. The van der Waals surface area contributed by atoms with Gasteiger partial charge in [0, 0.05) is 11.6 Å². The summed E-state index contributed by atoms with van der Waals surface area (Å²) < 4.78 is 5.26. The van der Waals surface area contributed by atoms with Crippen LogP contribution in [0.5, 0.6) is 5.75 Å². The zero-order valence-corrected chi connectivity index (χ0v) is 18.3. The molecule has 2 aromatic rings. The van der Waals surface area contributed by atoms with Crippen LogP contribution in [0.25, 0.3) is 16.8 Å². The number of rotatable bonds is 5. The third-order valence-corrected chi connectivity index (χ3v) is 5.20. The fourth-order valence-corrected chi connectivity index (χ4v) is 3.66. The number of methoxy groups -OCH3 is 1. The third kappa shape index (κ3) is 6.07. The Morgan fingerprint density at radius 1 is 1.10 bits per heavy atom. The van der Waals surface area contributed by atoms with E-state index in [9.17, 15) is 9.59 Å². The van der Waals surface area contributed by atoms with Gasteiger partial charge in [0.15, 0.2) is 6.54 Å². The topological polar surface area (TPSA) is 63.1 Å². The minimum absolute atomic E-state index is 0.0167. The van der Waals surface area contributed by atoms with Crippen LogP contribution in [0.3, 0.4) is 0 Å². The summed E-state index contributed by atoms with van der Waals surface area (Å²) in [5.41, 5.74) is 0.776. The number of hydrogen-bond acceptors (Lipinski definition) is 3. The van der Waals surface area contributed by atoms with Crippen LogP contribution in [-0.2, 0) is 9.59 Å². The molecule has 1 saturated heterocycles. The maximum Gasteiger partial charge on any atom is 0.275 e. The number of amides is 2. The lowest BCUT2D eigenvalue weighted by Crippen LogP contribution is -3.16. The van der Waals surface area contributed by atoms with Gasteiger partial charge >= 0.3 is 0 Å².